The molecule has 1 aliphatic heterocycles. The topological polar surface area (TPSA) is 46.9 Å². The maximum Gasteiger partial charge on any atom is 0.243 e. The van der Waals surface area contributed by atoms with Crippen molar-refractivity contribution in [3.8, 4) is 0 Å². The van der Waals surface area contributed by atoms with Crippen molar-refractivity contribution < 1.29 is 4.79 Å². The van der Waals surface area contributed by atoms with E-state index in [4.69, 9.17) is 0 Å². The van der Waals surface area contributed by atoms with Crippen molar-refractivity contribution in [2.45, 2.75) is 25.3 Å². The minimum atomic E-state index is -0.109. The highest BCUT2D eigenvalue weighted by molar-refractivity contribution is 5.86. The van der Waals surface area contributed by atoms with Crippen LogP contribution in [0.3, 0.4) is 0 Å². The first-order chi connectivity index (χ1) is 7.31. The van der Waals surface area contributed by atoms with Crippen molar-refractivity contribution in [1.29, 1.82) is 0 Å². The second kappa shape index (κ2) is 4.29. The molecule has 4 heteroatoms. The highest BCUT2D eigenvalue weighted by Crippen LogP contribution is 2.22. The van der Waals surface area contributed by atoms with Gasteiger partial charge in [-0.1, -0.05) is 6.58 Å². The lowest BCUT2D eigenvalue weighted by Gasteiger charge is -2.25. The van der Waals surface area contributed by atoms with E-state index in [1.54, 1.807) is 0 Å². The fraction of sp³-hybridized carbons (Fsp3) is 0.455. The van der Waals surface area contributed by atoms with E-state index in [1.807, 2.05) is 12.4 Å². The molecule has 0 saturated heterocycles. The van der Waals surface area contributed by atoms with Crippen LogP contribution in [0.25, 0.3) is 0 Å². The van der Waals surface area contributed by atoms with Gasteiger partial charge in [-0.25, -0.2) is 4.98 Å². The third kappa shape index (κ3) is 2.09. The van der Waals surface area contributed by atoms with Crippen molar-refractivity contribution >= 4 is 5.91 Å². The predicted octanol–water partition coefficient (Wildman–Crippen LogP) is 1.06. The molecule has 1 aromatic heterocycles. The first-order valence-corrected chi connectivity index (χ1v) is 5.23. The van der Waals surface area contributed by atoms with Crippen LogP contribution in [0.15, 0.2) is 25.0 Å². The van der Waals surface area contributed by atoms with E-state index in [0.717, 1.165) is 25.1 Å². The van der Waals surface area contributed by atoms with Crippen LogP contribution >= 0.6 is 0 Å². The van der Waals surface area contributed by atoms with Gasteiger partial charge in [0.25, 0.3) is 0 Å². The van der Waals surface area contributed by atoms with Gasteiger partial charge in [-0.3, -0.25) is 4.79 Å². The molecular weight excluding hydrogens is 190 g/mol. The summed E-state index contributed by atoms with van der Waals surface area (Å²) in [5.41, 5.74) is 0. The lowest BCUT2D eigenvalue weighted by Crippen LogP contribution is -2.31. The zero-order valence-corrected chi connectivity index (χ0v) is 8.65. The Balaban J connectivity index is 2.00. The molecule has 1 unspecified atom stereocenters. The number of aromatic nitrogens is 2. The first-order valence-electron chi connectivity index (χ1n) is 5.23. The zero-order chi connectivity index (χ0) is 10.7. The van der Waals surface area contributed by atoms with Crippen molar-refractivity contribution in [1.82, 2.24) is 14.9 Å². The monoisotopic (exact) mass is 205 g/mol. The Hall–Kier alpha value is -1.58. The van der Waals surface area contributed by atoms with Crippen molar-refractivity contribution in [3.05, 3.63) is 30.9 Å². The lowest BCUT2D eigenvalue weighted by molar-refractivity contribution is -0.116. The summed E-state index contributed by atoms with van der Waals surface area (Å²) in [6.07, 6.45) is 8.39. The number of aryl methyl sites for hydroxylation is 1. The third-order valence-electron chi connectivity index (χ3n) is 2.78. The van der Waals surface area contributed by atoms with Gasteiger partial charge in [-0.05, 0) is 18.9 Å². The summed E-state index contributed by atoms with van der Waals surface area (Å²) >= 11 is 0. The maximum atomic E-state index is 11.1. The van der Waals surface area contributed by atoms with Gasteiger partial charge in [0.15, 0.2) is 0 Å². The van der Waals surface area contributed by atoms with E-state index >= 15 is 0 Å². The van der Waals surface area contributed by atoms with E-state index in [-0.39, 0.29) is 5.91 Å². The Kier molecular flexibility index (Phi) is 2.85. The molecule has 0 fully saturated rings. The molecule has 1 aromatic rings. The molecule has 1 amide bonds. The zero-order valence-electron chi connectivity index (χ0n) is 8.65. The molecule has 0 bridgehead atoms. The van der Waals surface area contributed by atoms with Crippen molar-refractivity contribution in [2.24, 2.45) is 0 Å². The molecule has 1 N–H and O–H groups in total. The molecule has 15 heavy (non-hydrogen) atoms. The molecule has 0 radical (unpaired) electrons. The summed E-state index contributed by atoms with van der Waals surface area (Å²) in [5.74, 6) is 1.02. The van der Waals surface area contributed by atoms with E-state index in [1.165, 1.54) is 6.08 Å². The molecular formula is C11H15N3O. The van der Waals surface area contributed by atoms with Gasteiger partial charge in [0.1, 0.15) is 5.82 Å². The quantitative estimate of drug-likeness (QED) is 0.750. The van der Waals surface area contributed by atoms with E-state index in [0.29, 0.717) is 12.6 Å². The smallest absolute Gasteiger partial charge is 0.243 e. The normalized spacial score (nSPS) is 19.3. The summed E-state index contributed by atoms with van der Waals surface area (Å²) < 4.78 is 2.16. The Morgan fingerprint density at radius 3 is 3.47 bits per heavy atom. The summed E-state index contributed by atoms with van der Waals surface area (Å²) in [4.78, 5) is 15.3. The molecule has 1 aliphatic rings. The van der Waals surface area contributed by atoms with Crippen LogP contribution < -0.4 is 5.32 Å². The Labute approximate surface area is 89.0 Å². The molecule has 0 spiro atoms. The van der Waals surface area contributed by atoms with E-state index < -0.39 is 0 Å². The number of carbonyl (C=O) groups excluding carboxylic acids is 1. The highest BCUT2D eigenvalue weighted by atomic mass is 16.1. The van der Waals surface area contributed by atoms with Gasteiger partial charge in [0, 0.05) is 25.4 Å². The molecule has 1 atom stereocenters. The highest BCUT2D eigenvalue weighted by Gasteiger charge is 2.19. The summed E-state index contributed by atoms with van der Waals surface area (Å²) in [5, 5.41) is 2.83. The standard InChI is InChI=1S/C11H15N3O/c1-2-11(15)13-8-9-4-3-5-10-12-6-7-14(9)10/h2,6-7,9H,1,3-5,8H2,(H,13,15). The van der Waals surface area contributed by atoms with Crippen LogP contribution in [-0.2, 0) is 11.2 Å². The average molecular weight is 205 g/mol. The number of imidazole rings is 1. The number of rotatable bonds is 3. The van der Waals surface area contributed by atoms with Gasteiger partial charge < -0.3 is 9.88 Å². The van der Waals surface area contributed by atoms with Crippen LogP contribution in [0.4, 0.5) is 0 Å². The van der Waals surface area contributed by atoms with Gasteiger partial charge >= 0.3 is 0 Å². The predicted molar refractivity (Wildman–Crippen MR) is 57.4 cm³/mol. The maximum absolute atomic E-state index is 11.1. The number of nitrogens with zero attached hydrogens (tertiary/aromatic N) is 2. The first kappa shape index (κ1) is 9.96. The van der Waals surface area contributed by atoms with Crippen LogP contribution in [0.2, 0.25) is 0 Å². The summed E-state index contributed by atoms with van der Waals surface area (Å²) in [6, 6.07) is 0.347. The number of amides is 1. The number of fused-ring (bicyclic) bond motifs is 1. The number of nitrogens with one attached hydrogen (secondary N) is 1. The molecule has 0 aromatic carbocycles. The molecule has 0 saturated carbocycles. The molecule has 80 valence electrons. The second-order valence-corrected chi connectivity index (χ2v) is 3.75. The van der Waals surface area contributed by atoms with Gasteiger partial charge in [0.05, 0.1) is 6.04 Å². The molecule has 2 rings (SSSR count). The minimum absolute atomic E-state index is 0.109. The number of carbonyl (C=O) groups is 1. The number of hydrogen-bond donors (Lipinski definition) is 1. The minimum Gasteiger partial charge on any atom is -0.350 e. The Morgan fingerprint density at radius 2 is 2.67 bits per heavy atom. The van der Waals surface area contributed by atoms with Crippen LogP contribution in [-0.4, -0.2) is 22.0 Å². The van der Waals surface area contributed by atoms with Gasteiger partial charge in [-0.2, -0.15) is 0 Å². The lowest BCUT2D eigenvalue weighted by atomic mass is 10.0. The largest absolute Gasteiger partial charge is 0.350 e. The van der Waals surface area contributed by atoms with E-state index in [9.17, 15) is 4.79 Å². The second-order valence-electron chi connectivity index (χ2n) is 3.75. The molecule has 4 nitrogen and oxygen atoms in total. The van der Waals surface area contributed by atoms with Crippen LogP contribution in [0.5, 0.6) is 0 Å². The van der Waals surface area contributed by atoms with Crippen LogP contribution in [0.1, 0.15) is 24.7 Å². The fourth-order valence-corrected chi connectivity index (χ4v) is 2.00. The average Bonchev–Trinajstić information content (AvgIpc) is 2.74. The van der Waals surface area contributed by atoms with Gasteiger partial charge in [0.2, 0.25) is 5.91 Å². The number of hydrogen-bond acceptors (Lipinski definition) is 2. The summed E-state index contributed by atoms with van der Waals surface area (Å²) in [7, 11) is 0. The van der Waals surface area contributed by atoms with Crippen molar-refractivity contribution in [3.63, 3.8) is 0 Å². The van der Waals surface area contributed by atoms with Crippen molar-refractivity contribution in [2.75, 3.05) is 6.54 Å². The fourth-order valence-electron chi connectivity index (χ4n) is 2.00. The summed E-state index contributed by atoms with van der Waals surface area (Å²) in [6.45, 7) is 4.09. The van der Waals surface area contributed by atoms with Gasteiger partial charge in [-0.15, -0.1) is 0 Å². The third-order valence-corrected chi connectivity index (χ3v) is 2.78. The Morgan fingerprint density at radius 1 is 1.80 bits per heavy atom. The SMILES string of the molecule is C=CC(=O)NCC1CCCc2nccn21. The molecule has 0 aliphatic carbocycles. The van der Waals surface area contributed by atoms with Crippen LogP contribution in [0, 0.1) is 0 Å². The van der Waals surface area contributed by atoms with E-state index in [2.05, 4.69) is 21.4 Å². The Bertz CT molecular complexity index is 370. The molecule has 2 heterocycles.